The zero-order valence-electron chi connectivity index (χ0n) is 12.7. The van der Waals surface area contributed by atoms with Crippen molar-refractivity contribution in [2.24, 2.45) is 0 Å². The van der Waals surface area contributed by atoms with Gasteiger partial charge in [-0.2, -0.15) is 0 Å². The van der Waals surface area contributed by atoms with Gasteiger partial charge in [0.15, 0.2) is 15.6 Å². The van der Waals surface area contributed by atoms with Gasteiger partial charge in [-0.05, 0) is 24.6 Å². The van der Waals surface area contributed by atoms with Gasteiger partial charge in [-0.15, -0.1) is 0 Å². The van der Waals surface area contributed by atoms with Crippen molar-refractivity contribution in [1.29, 1.82) is 0 Å². The average Bonchev–Trinajstić information content (AvgIpc) is 2.83. The average molecular weight is 360 g/mol. The number of rotatable bonds is 6. The topological polar surface area (TPSA) is 89.5 Å². The Labute approximate surface area is 140 Å². The summed E-state index contributed by atoms with van der Waals surface area (Å²) in [5.74, 6) is -0.118. The van der Waals surface area contributed by atoms with Crippen molar-refractivity contribution in [1.82, 2.24) is 5.32 Å². The molecule has 1 unspecified atom stereocenters. The Hall–Kier alpha value is -1.60. The summed E-state index contributed by atoms with van der Waals surface area (Å²) in [6.45, 7) is 0. The van der Waals surface area contributed by atoms with Crippen LogP contribution in [0.1, 0.15) is 29.6 Å². The molecule has 1 heterocycles. The van der Waals surface area contributed by atoms with E-state index in [1.165, 1.54) is 13.2 Å². The highest BCUT2D eigenvalue weighted by molar-refractivity contribution is 7.91. The lowest BCUT2D eigenvalue weighted by atomic mass is 10.1. The molecule has 0 spiro atoms. The molecule has 1 N–H and O–H groups in total. The van der Waals surface area contributed by atoms with E-state index in [1.807, 2.05) is 0 Å². The van der Waals surface area contributed by atoms with E-state index in [0.29, 0.717) is 22.8 Å². The van der Waals surface area contributed by atoms with Gasteiger partial charge in [0.05, 0.1) is 24.2 Å². The maximum atomic E-state index is 12.2. The number of methoxy groups -OCH3 is 1. The molecule has 1 aromatic carbocycles. The van der Waals surface area contributed by atoms with Gasteiger partial charge in [-0.1, -0.05) is 11.6 Å². The molecule has 0 bridgehead atoms. The zero-order chi connectivity index (χ0) is 17.0. The standard InChI is InChI=1S/C15H18ClNO5S/c1-22-14-4-2-10(16)8-12(14)13(18)3-5-15(19)17-11-6-7-23(20,21)9-11/h2,4,8,11H,3,5-7,9H2,1H3,(H,17,19). The van der Waals surface area contributed by atoms with Crippen LogP contribution in [0.25, 0.3) is 0 Å². The number of hydrogen-bond donors (Lipinski definition) is 1. The smallest absolute Gasteiger partial charge is 0.220 e. The molecular weight excluding hydrogens is 342 g/mol. The van der Waals surface area contributed by atoms with Crippen molar-refractivity contribution in [3.05, 3.63) is 28.8 Å². The molecule has 1 atom stereocenters. The van der Waals surface area contributed by atoms with E-state index < -0.39 is 9.84 Å². The molecule has 6 nitrogen and oxygen atoms in total. The number of benzene rings is 1. The fourth-order valence-electron chi connectivity index (χ4n) is 2.47. The Kier molecular flexibility index (Phi) is 5.64. The number of carbonyl (C=O) groups is 2. The number of nitrogens with one attached hydrogen (secondary N) is 1. The summed E-state index contributed by atoms with van der Waals surface area (Å²) in [6.07, 6.45) is 0.414. The number of sulfone groups is 1. The highest BCUT2D eigenvalue weighted by Gasteiger charge is 2.28. The van der Waals surface area contributed by atoms with Crippen LogP contribution in [0.3, 0.4) is 0 Å². The highest BCUT2D eigenvalue weighted by Crippen LogP contribution is 2.24. The van der Waals surface area contributed by atoms with Crippen LogP contribution in [0.5, 0.6) is 5.75 Å². The number of amides is 1. The molecular formula is C15H18ClNO5S. The Bertz CT molecular complexity index is 717. The van der Waals surface area contributed by atoms with Crippen LogP contribution in [0, 0.1) is 0 Å². The number of hydrogen-bond acceptors (Lipinski definition) is 5. The first kappa shape index (κ1) is 17.7. The molecule has 23 heavy (non-hydrogen) atoms. The maximum absolute atomic E-state index is 12.2. The molecule has 0 saturated carbocycles. The quantitative estimate of drug-likeness (QED) is 0.779. The SMILES string of the molecule is COc1ccc(Cl)cc1C(=O)CCC(=O)NC1CCS(=O)(=O)C1. The van der Waals surface area contributed by atoms with Crippen LogP contribution in [-0.4, -0.2) is 44.8 Å². The first-order valence-corrected chi connectivity index (χ1v) is 9.37. The van der Waals surface area contributed by atoms with Crippen LogP contribution in [0.15, 0.2) is 18.2 Å². The van der Waals surface area contributed by atoms with Gasteiger partial charge in [0.25, 0.3) is 0 Å². The van der Waals surface area contributed by atoms with Gasteiger partial charge in [-0.25, -0.2) is 8.42 Å². The van der Waals surface area contributed by atoms with E-state index in [9.17, 15) is 18.0 Å². The predicted molar refractivity (Wildman–Crippen MR) is 86.8 cm³/mol. The Morgan fingerprint density at radius 2 is 2.09 bits per heavy atom. The fourth-order valence-corrected chi connectivity index (χ4v) is 4.31. The third kappa shape index (κ3) is 4.94. The minimum absolute atomic E-state index is 0.00199. The summed E-state index contributed by atoms with van der Waals surface area (Å²) in [6, 6.07) is 4.36. The summed E-state index contributed by atoms with van der Waals surface area (Å²) in [4.78, 5) is 24.1. The molecule has 1 aromatic rings. The fraction of sp³-hybridized carbons (Fsp3) is 0.467. The maximum Gasteiger partial charge on any atom is 0.220 e. The van der Waals surface area contributed by atoms with Crippen LogP contribution in [0.2, 0.25) is 5.02 Å². The molecule has 1 aliphatic heterocycles. The molecule has 0 aliphatic carbocycles. The summed E-state index contributed by atoms with van der Waals surface area (Å²) in [7, 11) is -1.59. The highest BCUT2D eigenvalue weighted by atomic mass is 35.5. The van der Waals surface area contributed by atoms with E-state index in [-0.39, 0.29) is 42.1 Å². The number of carbonyl (C=O) groups excluding carboxylic acids is 2. The second kappa shape index (κ2) is 7.31. The van der Waals surface area contributed by atoms with Crippen molar-refractivity contribution in [2.45, 2.75) is 25.3 Å². The van der Waals surface area contributed by atoms with Crippen molar-refractivity contribution in [3.63, 3.8) is 0 Å². The normalized spacial score (nSPS) is 19.3. The Morgan fingerprint density at radius 3 is 2.70 bits per heavy atom. The molecule has 0 aromatic heterocycles. The van der Waals surface area contributed by atoms with E-state index in [0.717, 1.165) is 0 Å². The summed E-state index contributed by atoms with van der Waals surface area (Å²) in [5.41, 5.74) is 0.330. The zero-order valence-corrected chi connectivity index (χ0v) is 14.2. The van der Waals surface area contributed by atoms with Crippen molar-refractivity contribution < 1.29 is 22.7 Å². The first-order valence-electron chi connectivity index (χ1n) is 7.17. The van der Waals surface area contributed by atoms with Crippen LogP contribution >= 0.6 is 11.6 Å². The van der Waals surface area contributed by atoms with E-state index in [1.54, 1.807) is 12.1 Å². The Morgan fingerprint density at radius 1 is 1.35 bits per heavy atom. The second-order valence-electron chi connectivity index (χ2n) is 5.44. The van der Waals surface area contributed by atoms with Crippen LogP contribution in [0.4, 0.5) is 0 Å². The number of ketones is 1. The van der Waals surface area contributed by atoms with Crippen LogP contribution < -0.4 is 10.1 Å². The predicted octanol–water partition coefficient (Wildman–Crippen LogP) is 1.61. The number of ether oxygens (including phenoxy) is 1. The van der Waals surface area contributed by atoms with Crippen molar-refractivity contribution in [2.75, 3.05) is 18.6 Å². The monoisotopic (exact) mass is 359 g/mol. The molecule has 2 rings (SSSR count). The lowest BCUT2D eigenvalue weighted by Gasteiger charge is -2.11. The Balaban J connectivity index is 1.89. The largest absolute Gasteiger partial charge is 0.496 e. The van der Waals surface area contributed by atoms with Gasteiger partial charge >= 0.3 is 0 Å². The second-order valence-corrected chi connectivity index (χ2v) is 8.10. The van der Waals surface area contributed by atoms with E-state index in [2.05, 4.69) is 5.32 Å². The molecule has 1 amide bonds. The molecule has 1 aliphatic rings. The molecule has 126 valence electrons. The lowest BCUT2D eigenvalue weighted by Crippen LogP contribution is -2.35. The van der Waals surface area contributed by atoms with Crippen molar-refractivity contribution >= 4 is 33.1 Å². The lowest BCUT2D eigenvalue weighted by molar-refractivity contribution is -0.121. The number of halogens is 1. The number of Topliss-reactive ketones (excluding diaryl/α,β-unsaturated/α-hetero) is 1. The molecule has 1 saturated heterocycles. The van der Waals surface area contributed by atoms with E-state index >= 15 is 0 Å². The molecule has 0 radical (unpaired) electrons. The van der Waals surface area contributed by atoms with Crippen LogP contribution in [-0.2, 0) is 14.6 Å². The third-order valence-electron chi connectivity index (χ3n) is 3.64. The third-order valence-corrected chi connectivity index (χ3v) is 5.64. The van der Waals surface area contributed by atoms with Gasteiger partial charge in [0.1, 0.15) is 5.75 Å². The van der Waals surface area contributed by atoms with Gasteiger partial charge in [-0.3, -0.25) is 9.59 Å². The van der Waals surface area contributed by atoms with Gasteiger partial charge < -0.3 is 10.1 Å². The van der Waals surface area contributed by atoms with Gasteiger partial charge in [0.2, 0.25) is 5.91 Å². The summed E-state index contributed by atoms with van der Waals surface area (Å²) >= 11 is 5.88. The first-order chi connectivity index (χ1) is 10.8. The summed E-state index contributed by atoms with van der Waals surface area (Å²) in [5, 5.41) is 3.07. The minimum atomic E-state index is -3.04. The van der Waals surface area contributed by atoms with Crippen molar-refractivity contribution in [3.8, 4) is 5.75 Å². The summed E-state index contributed by atoms with van der Waals surface area (Å²) < 4.78 is 27.8. The minimum Gasteiger partial charge on any atom is -0.496 e. The molecule has 1 fully saturated rings. The molecule has 8 heteroatoms. The van der Waals surface area contributed by atoms with Gasteiger partial charge in [0, 0.05) is 23.9 Å². The van der Waals surface area contributed by atoms with E-state index in [4.69, 9.17) is 16.3 Å².